The third-order valence-electron chi connectivity index (χ3n) is 2.77. The fourth-order valence-electron chi connectivity index (χ4n) is 2.04. The first kappa shape index (κ1) is 13.7. The number of benzene rings is 2. The van der Waals surface area contributed by atoms with Crippen molar-refractivity contribution in [2.45, 2.75) is 19.2 Å². The average Bonchev–Trinajstić information content (AvgIpc) is 2.26. The second kappa shape index (κ2) is 5.52. The summed E-state index contributed by atoms with van der Waals surface area (Å²) in [6.07, 6.45) is 0. The first-order valence-corrected chi connectivity index (χ1v) is 6.84. The molecule has 0 amide bonds. The maximum Gasteiger partial charge on any atom is 0.0850 e. The minimum Gasteiger partial charge on any atom is -0.113 e. The smallest absolute Gasteiger partial charge is 0.0850 e. The molecule has 94 valence electrons. The Hall–Kier alpha value is -0.690. The highest BCUT2D eigenvalue weighted by Crippen LogP contribution is 2.35. The Kier molecular flexibility index (Phi) is 4.21. The molecule has 1 atom stereocenters. The van der Waals surface area contributed by atoms with E-state index < -0.39 is 0 Å². The van der Waals surface area contributed by atoms with Gasteiger partial charge in [0.05, 0.1) is 5.38 Å². The van der Waals surface area contributed by atoms with Crippen molar-refractivity contribution >= 4 is 34.8 Å². The number of alkyl halides is 1. The van der Waals surface area contributed by atoms with Crippen molar-refractivity contribution in [2.75, 3.05) is 0 Å². The summed E-state index contributed by atoms with van der Waals surface area (Å²) in [7, 11) is 0. The van der Waals surface area contributed by atoms with Crippen LogP contribution in [0.1, 0.15) is 27.6 Å². The lowest BCUT2D eigenvalue weighted by atomic mass is 10.0. The predicted molar refractivity (Wildman–Crippen MR) is 80.1 cm³/mol. The van der Waals surface area contributed by atoms with Crippen molar-refractivity contribution in [3.05, 3.63) is 68.7 Å². The number of rotatable bonds is 2. The van der Waals surface area contributed by atoms with Gasteiger partial charge in [-0.3, -0.25) is 0 Å². The molecule has 0 N–H and O–H groups in total. The summed E-state index contributed by atoms with van der Waals surface area (Å²) in [6.45, 7) is 4.12. The molecule has 0 aliphatic heterocycles. The quantitative estimate of drug-likeness (QED) is 0.602. The standard InChI is InChI=1S/C15H13Cl3/c1-9-5-10(2)7-11(6-9)15(18)13-4-3-12(16)8-14(13)17/h3-8,15H,1-2H3. The van der Waals surface area contributed by atoms with Gasteiger partial charge in [-0.1, -0.05) is 58.6 Å². The van der Waals surface area contributed by atoms with Gasteiger partial charge in [-0.15, -0.1) is 11.6 Å². The van der Waals surface area contributed by atoms with E-state index in [1.54, 1.807) is 12.1 Å². The van der Waals surface area contributed by atoms with E-state index in [2.05, 4.69) is 32.0 Å². The van der Waals surface area contributed by atoms with Crippen LogP contribution in [0.25, 0.3) is 0 Å². The van der Waals surface area contributed by atoms with Gasteiger partial charge in [0.2, 0.25) is 0 Å². The lowest BCUT2D eigenvalue weighted by molar-refractivity contribution is 1.12. The van der Waals surface area contributed by atoms with Crippen LogP contribution in [0, 0.1) is 13.8 Å². The monoisotopic (exact) mass is 298 g/mol. The fraction of sp³-hybridized carbons (Fsp3) is 0.200. The van der Waals surface area contributed by atoms with Crippen LogP contribution in [0.15, 0.2) is 36.4 Å². The molecule has 0 aromatic heterocycles. The first-order valence-electron chi connectivity index (χ1n) is 5.64. The summed E-state index contributed by atoms with van der Waals surface area (Å²) < 4.78 is 0. The summed E-state index contributed by atoms with van der Waals surface area (Å²) >= 11 is 18.6. The molecule has 2 aromatic carbocycles. The Morgan fingerprint density at radius 1 is 0.889 bits per heavy atom. The first-order chi connectivity index (χ1) is 8.47. The Morgan fingerprint density at radius 3 is 2.06 bits per heavy atom. The second-order valence-electron chi connectivity index (χ2n) is 4.45. The van der Waals surface area contributed by atoms with E-state index in [1.807, 2.05) is 6.07 Å². The molecule has 0 radical (unpaired) electrons. The van der Waals surface area contributed by atoms with E-state index in [4.69, 9.17) is 34.8 Å². The van der Waals surface area contributed by atoms with Crippen LogP contribution in [0.2, 0.25) is 10.0 Å². The van der Waals surface area contributed by atoms with Gasteiger partial charge in [-0.2, -0.15) is 0 Å². The highest BCUT2D eigenvalue weighted by atomic mass is 35.5. The molecule has 3 heteroatoms. The van der Waals surface area contributed by atoms with E-state index in [-0.39, 0.29) is 5.38 Å². The number of hydrogen-bond donors (Lipinski definition) is 0. The van der Waals surface area contributed by atoms with Crippen molar-refractivity contribution in [2.24, 2.45) is 0 Å². The number of aryl methyl sites for hydroxylation is 2. The highest BCUT2D eigenvalue weighted by molar-refractivity contribution is 6.36. The van der Waals surface area contributed by atoms with Crippen molar-refractivity contribution in [1.82, 2.24) is 0 Å². The molecule has 1 unspecified atom stereocenters. The van der Waals surface area contributed by atoms with Gasteiger partial charge in [-0.05, 0) is 37.1 Å². The van der Waals surface area contributed by atoms with Crippen LogP contribution < -0.4 is 0 Å². The molecule has 0 saturated carbocycles. The van der Waals surface area contributed by atoms with Crippen molar-refractivity contribution in [3.63, 3.8) is 0 Å². The van der Waals surface area contributed by atoms with Crippen LogP contribution in [-0.4, -0.2) is 0 Å². The van der Waals surface area contributed by atoms with E-state index >= 15 is 0 Å². The van der Waals surface area contributed by atoms with Crippen molar-refractivity contribution < 1.29 is 0 Å². The molecule has 0 aliphatic carbocycles. The van der Waals surface area contributed by atoms with E-state index in [9.17, 15) is 0 Å². The van der Waals surface area contributed by atoms with Gasteiger partial charge in [0.25, 0.3) is 0 Å². The van der Waals surface area contributed by atoms with Gasteiger partial charge in [-0.25, -0.2) is 0 Å². The fourth-order valence-corrected chi connectivity index (χ4v) is 2.93. The van der Waals surface area contributed by atoms with Crippen molar-refractivity contribution in [1.29, 1.82) is 0 Å². The SMILES string of the molecule is Cc1cc(C)cc(C(Cl)c2ccc(Cl)cc2Cl)c1. The summed E-state index contributed by atoms with van der Waals surface area (Å²) in [5.74, 6) is 0. The largest absolute Gasteiger partial charge is 0.113 e. The van der Waals surface area contributed by atoms with Gasteiger partial charge >= 0.3 is 0 Å². The average molecular weight is 300 g/mol. The molecular weight excluding hydrogens is 287 g/mol. The molecule has 2 rings (SSSR count). The number of halogens is 3. The minimum absolute atomic E-state index is 0.256. The summed E-state index contributed by atoms with van der Waals surface area (Å²) in [5, 5.41) is 0.961. The molecule has 0 bridgehead atoms. The lowest BCUT2D eigenvalue weighted by Gasteiger charge is -2.14. The van der Waals surface area contributed by atoms with E-state index in [0.717, 1.165) is 11.1 Å². The zero-order valence-corrected chi connectivity index (χ0v) is 12.4. The molecular formula is C15H13Cl3. The molecule has 0 fully saturated rings. The molecule has 0 aliphatic rings. The van der Waals surface area contributed by atoms with E-state index in [1.165, 1.54) is 11.1 Å². The number of hydrogen-bond acceptors (Lipinski definition) is 0. The molecule has 0 saturated heterocycles. The van der Waals surface area contributed by atoms with E-state index in [0.29, 0.717) is 10.0 Å². The topological polar surface area (TPSA) is 0 Å². The molecule has 2 aromatic rings. The lowest BCUT2D eigenvalue weighted by Crippen LogP contribution is -1.96. The maximum absolute atomic E-state index is 6.51. The third-order valence-corrected chi connectivity index (χ3v) is 3.82. The van der Waals surface area contributed by atoms with Crippen LogP contribution in [0.5, 0.6) is 0 Å². The van der Waals surface area contributed by atoms with Gasteiger partial charge in [0.1, 0.15) is 0 Å². The molecule has 0 nitrogen and oxygen atoms in total. The van der Waals surface area contributed by atoms with Crippen LogP contribution in [0.4, 0.5) is 0 Å². The Bertz CT molecular complexity index is 556. The van der Waals surface area contributed by atoms with Gasteiger partial charge in [0.15, 0.2) is 0 Å². The van der Waals surface area contributed by atoms with Crippen LogP contribution >= 0.6 is 34.8 Å². The van der Waals surface area contributed by atoms with Crippen LogP contribution in [0.3, 0.4) is 0 Å². The predicted octanol–water partition coefficient (Wildman–Crippen LogP) is 5.94. The van der Waals surface area contributed by atoms with Gasteiger partial charge in [0, 0.05) is 10.0 Å². The maximum atomic E-state index is 6.51. The third kappa shape index (κ3) is 3.00. The molecule has 0 spiro atoms. The Labute approximate surface area is 122 Å². The summed E-state index contributed by atoms with van der Waals surface area (Å²) in [5.41, 5.74) is 4.33. The normalized spacial score (nSPS) is 12.5. The summed E-state index contributed by atoms with van der Waals surface area (Å²) in [6, 6.07) is 11.7. The Balaban J connectivity index is 2.44. The minimum atomic E-state index is -0.256. The molecule has 0 heterocycles. The van der Waals surface area contributed by atoms with Crippen molar-refractivity contribution in [3.8, 4) is 0 Å². The zero-order chi connectivity index (χ0) is 13.3. The second-order valence-corrected chi connectivity index (χ2v) is 5.73. The Morgan fingerprint density at radius 2 is 1.50 bits per heavy atom. The van der Waals surface area contributed by atoms with Crippen LogP contribution in [-0.2, 0) is 0 Å². The highest BCUT2D eigenvalue weighted by Gasteiger charge is 2.15. The van der Waals surface area contributed by atoms with Gasteiger partial charge < -0.3 is 0 Å². The zero-order valence-electron chi connectivity index (χ0n) is 10.2. The summed E-state index contributed by atoms with van der Waals surface area (Å²) in [4.78, 5) is 0. The molecule has 18 heavy (non-hydrogen) atoms.